The maximum atomic E-state index is 13.2. The largest absolute Gasteiger partial charge is 0.463 e. The highest BCUT2D eigenvalue weighted by Crippen LogP contribution is 2.35. The van der Waals surface area contributed by atoms with Crippen LogP contribution in [0.2, 0.25) is 0 Å². The third kappa shape index (κ3) is 4.16. The van der Waals surface area contributed by atoms with E-state index in [9.17, 15) is 9.18 Å². The van der Waals surface area contributed by atoms with Crippen LogP contribution in [0.4, 0.5) is 4.39 Å². The summed E-state index contributed by atoms with van der Waals surface area (Å²) < 4.78 is 18.7. The second kappa shape index (κ2) is 8.31. The number of nitrogens with zero attached hydrogens (tertiary/aromatic N) is 3. The first-order valence-electron chi connectivity index (χ1n) is 9.45. The summed E-state index contributed by atoms with van der Waals surface area (Å²) in [6.07, 6.45) is 2.23. The number of furan rings is 1. The second-order valence-electron chi connectivity index (χ2n) is 7.14. The molecule has 2 unspecified atom stereocenters. The van der Waals surface area contributed by atoms with Gasteiger partial charge in [-0.15, -0.1) is 11.3 Å². The van der Waals surface area contributed by atoms with E-state index < -0.39 is 0 Å². The van der Waals surface area contributed by atoms with Crippen molar-refractivity contribution in [1.29, 1.82) is 0 Å². The van der Waals surface area contributed by atoms with Gasteiger partial charge in [0.05, 0.1) is 18.8 Å². The molecular weight excluding hydrogens is 389 g/mol. The number of halogens is 1. The first kappa shape index (κ1) is 19.5. The standard InChI is InChI=1S/C22H22FN3O2S/c1-15(16-7-9-17(23)10-8-16)25(2)14-22(27)26-19(21-6-4-12-29-21)13-18(24-26)20-5-3-11-28-20/h3-12,15,19H,13-14H2,1-2H3. The number of thiophene rings is 1. The lowest BCUT2D eigenvalue weighted by Crippen LogP contribution is -2.37. The molecule has 0 saturated heterocycles. The number of carbonyl (C=O) groups is 1. The topological polar surface area (TPSA) is 49.1 Å². The van der Waals surface area contributed by atoms with Gasteiger partial charge >= 0.3 is 0 Å². The molecule has 5 nitrogen and oxygen atoms in total. The molecule has 1 aliphatic rings. The molecule has 29 heavy (non-hydrogen) atoms. The Balaban J connectivity index is 1.52. The Morgan fingerprint density at radius 1 is 1.31 bits per heavy atom. The second-order valence-corrected chi connectivity index (χ2v) is 8.12. The van der Waals surface area contributed by atoms with Crippen molar-refractivity contribution in [3.8, 4) is 0 Å². The number of hydrogen-bond donors (Lipinski definition) is 0. The molecule has 0 radical (unpaired) electrons. The lowest BCUT2D eigenvalue weighted by Gasteiger charge is -2.27. The van der Waals surface area contributed by atoms with Crippen LogP contribution in [0.5, 0.6) is 0 Å². The molecule has 1 aromatic carbocycles. The van der Waals surface area contributed by atoms with Gasteiger partial charge in [-0.05, 0) is 55.2 Å². The Morgan fingerprint density at radius 3 is 2.76 bits per heavy atom. The molecule has 4 rings (SSSR count). The molecule has 0 aliphatic carbocycles. The molecule has 2 atom stereocenters. The van der Waals surface area contributed by atoms with Crippen molar-refractivity contribution >= 4 is 23.0 Å². The van der Waals surface area contributed by atoms with Gasteiger partial charge in [-0.2, -0.15) is 5.10 Å². The Morgan fingerprint density at radius 2 is 2.10 bits per heavy atom. The zero-order valence-corrected chi connectivity index (χ0v) is 17.1. The first-order valence-corrected chi connectivity index (χ1v) is 10.3. The maximum Gasteiger partial charge on any atom is 0.257 e. The highest BCUT2D eigenvalue weighted by atomic mass is 32.1. The van der Waals surface area contributed by atoms with E-state index in [2.05, 4.69) is 5.10 Å². The molecular formula is C22H22FN3O2S. The van der Waals surface area contributed by atoms with E-state index in [1.165, 1.54) is 12.1 Å². The fourth-order valence-electron chi connectivity index (χ4n) is 3.45. The molecule has 1 amide bonds. The average Bonchev–Trinajstić information content (AvgIpc) is 3.48. The van der Waals surface area contributed by atoms with Crippen LogP contribution < -0.4 is 0 Å². The van der Waals surface area contributed by atoms with Crippen molar-refractivity contribution < 1.29 is 13.6 Å². The normalized spacial score (nSPS) is 17.6. The van der Waals surface area contributed by atoms with Crippen LogP contribution in [0.3, 0.4) is 0 Å². The van der Waals surface area contributed by atoms with Gasteiger partial charge in [0.1, 0.15) is 17.3 Å². The van der Waals surface area contributed by atoms with Crippen molar-refractivity contribution in [3.63, 3.8) is 0 Å². The number of likely N-dealkylation sites (N-methyl/N-ethyl adjacent to an activating group) is 1. The van der Waals surface area contributed by atoms with Gasteiger partial charge in [0, 0.05) is 17.3 Å². The molecule has 3 heterocycles. The van der Waals surface area contributed by atoms with Gasteiger partial charge in [0.25, 0.3) is 5.91 Å². The van der Waals surface area contributed by atoms with Crippen LogP contribution in [-0.4, -0.2) is 35.1 Å². The predicted octanol–water partition coefficient (Wildman–Crippen LogP) is 4.85. The Bertz CT molecular complexity index is 984. The van der Waals surface area contributed by atoms with E-state index in [-0.39, 0.29) is 30.4 Å². The summed E-state index contributed by atoms with van der Waals surface area (Å²) in [5, 5.41) is 8.19. The molecule has 7 heteroatoms. The number of hydrazone groups is 1. The van der Waals surface area contributed by atoms with Crippen molar-refractivity contribution in [2.75, 3.05) is 13.6 Å². The number of carbonyl (C=O) groups excluding carboxylic acids is 1. The Kier molecular flexibility index (Phi) is 5.60. The van der Waals surface area contributed by atoms with Crippen molar-refractivity contribution in [2.24, 2.45) is 5.10 Å². The molecule has 0 bridgehead atoms. The van der Waals surface area contributed by atoms with Crippen LogP contribution in [0.25, 0.3) is 0 Å². The number of hydrogen-bond acceptors (Lipinski definition) is 5. The lowest BCUT2D eigenvalue weighted by atomic mass is 10.1. The Hall–Kier alpha value is -2.77. The van der Waals surface area contributed by atoms with Crippen molar-refractivity contribution in [3.05, 3.63) is 82.2 Å². The first-order chi connectivity index (χ1) is 14.0. The summed E-state index contributed by atoms with van der Waals surface area (Å²) in [6, 6.07) is 13.9. The molecule has 0 saturated carbocycles. The molecule has 150 valence electrons. The van der Waals surface area contributed by atoms with Gasteiger partial charge in [-0.25, -0.2) is 9.40 Å². The number of amides is 1. The van der Waals surface area contributed by atoms with Gasteiger partial charge in [-0.3, -0.25) is 9.69 Å². The summed E-state index contributed by atoms with van der Waals surface area (Å²) in [7, 11) is 1.89. The molecule has 3 aromatic rings. The third-order valence-corrected chi connectivity index (χ3v) is 6.21. The lowest BCUT2D eigenvalue weighted by molar-refractivity contribution is -0.134. The summed E-state index contributed by atoms with van der Waals surface area (Å²) in [5.74, 6) is 0.339. The molecule has 1 aliphatic heterocycles. The minimum absolute atomic E-state index is 0.0316. The minimum atomic E-state index is -0.268. The summed E-state index contributed by atoms with van der Waals surface area (Å²) in [4.78, 5) is 16.2. The monoisotopic (exact) mass is 411 g/mol. The molecule has 0 fully saturated rings. The van der Waals surface area contributed by atoms with Crippen LogP contribution >= 0.6 is 11.3 Å². The van der Waals surface area contributed by atoms with E-state index >= 15 is 0 Å². The molecule has 2 aromatic heterocycles. The van der Waals surface area contributed by atoms with Gasteiger partial charge in [-0.1, -0.05) is 18.2 Å². The van der Waals surface area contributed by atoms with E-state index in [1.807, 2.05) is 48.5 Å². The summed E-state index contributed by atoms with van der Waals surface area (Å²) in [5.41, 5.74) is 1.73. The fraction of sp³-hybridized carbons (Fsp3) is 0.273. The van der Waals surface area contributed by atoms with Crippen LogP contribution in [0.1, 0.15) is 41.6 Å². The van der Waals surface area contributed by atoms with Gasteiger partial charge in [0.15, 0.2) is 0 Å². The van der Waals surface area contributed by atoms with Crippen molar-refractivity contribution in [1.82, 2.24) is 9.91 Å². The van der Waals surface area contributed by atoms with E-state index in [0.29, 0.717) is 12.2 Å². The van der Waals surface area contributed by atoms with Gasteiger partial charge in [0.2, 0.25) is 0 Å². The zero-order valence-electron chi connectivity index (χ0n) is 16.3. The van der Waals surface area contributed by atoms with Crippen molar-refractivity contribution in [2.45, 2.75) is 25.4 Å². The van der Waals surface area contributed by atoms with Gasteiger partial charge < -0.3 is 4.42 Å². The quantitative estimate of drug-likeness (QED) is 0.583. The Labute approximate surface area is 173 Å². The average molecular weight is 412 g/mol. The highest BCUT2D eigenvalue weighted by Gasteiger charge is 2.35. The third-order valence-electron chi connectivity index (χ3n) is 5.24. The summed E-state index contributed by atoms with van der Waals surface area (Å²) >= 11 is 1.62. The smallest absolute Gasteiger partial charge is 0.257 e. The zero-order chi connectivity index (χ0) is 20.4. The van der Waals surface area contributed by atoms with E-state index in [4.69, 9.17) is 4.42 Å². The number of rotatable bonds is 6. The predicted molar refractivity (Wildman–Crippen MR) is 111 cm³/mol. The van der Waals surface area contributed by atoms with E-state index in [1.54, 1.807) is 34.7 Å². The van der Waals surface area contributed by atoms with E-state index in [0.717, 1.165) is 16.2 Å². The minimum Gasteiger partial charge on any atom is -0.463 e. The molecule has 0 N–H and O–H groups in total. The van der Waals surface area contributed by atoms with Crippen LogP contribution in [0, 0.1) is 5.82 Å². The molecule has 0 spiro atoms. The number of benzene rings is 1. The maximum absolute atomic E-state index is 13.2. The van der Waals surface area contributed by atoms with Crippen LogP contribution in [0.15, 0.2) is 69.7 Å². The van der Waals surface area contributed by atoms with Crippen LogP contribution in [-0.2, 0) is 4.79 Å². The fourth-order valence-corrected chi connectivity index (χ4v) is 4.26. The SMILES string of the molecule is CC(c1ccc(F)cc1)N(C)CC(=O)N1N=C(c2ccco2)CC1c1cccs1. The highest BCUT2D eigenvalue weighted by molar-refractivity contribution is 7.10. The summed E-state index contributed by atoms with van der Waals surface area (Å²) in [6.45, 7) is 2.20.